The van der Waals surface area contributed by atoms with Crippen LogP contribution in [0.1, 0.15) is 12.8 Å². The van der Waals surface area contributed by atoms with E-state index in [9.17, 15) is 0 Å². The molecule has 0 radical (unpaired) electrons. The second-order valence-electron chi connectivity index (χ2n) is 6.64. The van der Waals surface area contributed by atoms with Crippen LogP contribution in [-0.2, 0) is 20.6 Å². The molecule has 0 amide bonds. The average Bonchev–Trinajstić information content (AvgIpc) is 2.86. The number of hydrogen-bond acceptors (Lipinski definition) is 0. The molecule has 5 heteroatoms. The molecule has 0 aromatic carbocycles. The fraction of sp³-hybridized carbons (Fsp3) is 0.467. The summed E-state index contributed by atoms with van der Waals surface area (Å²) in [6, 6.07) is 0. The third kappa shape index (κ3) is 4.67. The Balaban J connectivity index is 0.00000180. The van der Waals surface area contributed by atoms with Gasteiger partial charge in [0.15, 0.2) is 0 Å². The summed E-state index contributed by atoms with van der Waals surface area (Å²) in [6.07, 6.45) is 14.7. The van der Waals surface area contributed by atoms with E-state index in [1.807, 2.05) is 11.9 Å². The molecule has 0 spiro atoms. The van der Waals surface area contributed by atoms with Crippen LogP contribution in [0.25, 0.3) is 0 Å². The van der Waals surface area contributed by atoms with Crippen LogP contribution in [0.3, 0.4) is 0 Å². The standard InChI is InChI=1S/C8H13Si.C5H5.C2H7Si.2ClH.Hf/c1-9(2,3)8-6-4-5-7-8;1-2-4-5-3-1;1-3-2;;;/h4,6H,5H2,1-3H3;1-3H,4H2;3H,1-2H3;2*1H;. The molecule has 2 aliphatic rings. The Hall–Kier alpha value is 0.844. The predicted molar refractivity (Wildman–Crippen MR) is 99.3 cm³/mol. The van der Waals surface area contributed by atoms with E-state index in [0.29, 0.717) is 0 Å². The molecule has 0 aliphatic heterocycles. The smallest absolute Gasteiger partial charge is 0.147 e. The van der Waals surface area contributed by atoms with Gasteiger partial charge in [-0.2, -0.15) is 0 Å². The van der Waals surface area contributed by atoms with Crippen molar-refractivity contribution in [2.75, 3.05) is 0 Å². The summed E-state index contributed by atoms with van der Waals surface area (Å²) in [7, 11) is -1.13. The monoisotopic (exact) mass is 513 g/mol. The molecule has 0 atom stereocenters. The van der Waals surface area contributed by atoms with Gasteiger partial charge in [-0.15, -0.1) is 24.8 Å². The van der Waals surface area contributed by atoms with Gasteiger partial charge in [0.2, 0.25) is 0 Å². The molecule has 0 bridgehead atoms. The minimum Gasteiger partial charge on any atom is -0.147 e. The van der Waals surface area contributed by atoms with Crippen LogP contribution in [0, 0.1) is 0 Å². The molecule has 2 aliphatic carbocycles. The Morgan fingerprint density at radius 2 is 1.70 bits per heavy atom. The van der Waals surface area contributed by atoms with Crippen molar-refractivity contribution >= 4 is 38.9 Å². The molecule has 113 valence electrons. The van der Waals surface area contributed by atoms with E-state index in [4.69, 9.17) is 0 Å². The van der Waals surface area contributed by atoms with Gasteiger partial charge in [-0.1, -0.05) is 0 Å². The third-order valence-electron chi connectivity index (χ3n) is 3.76. The number of rotatable bonds is 4. The van der Waals surface area contributed by atoms with Gasteiger partial charge in [0.1, 0.15) is 0 Å². The number of hydrogen-bond donors (Lipinski definition) is 0. The second-order valence-corrected chi connectivity index (χ2v) is 38.6. The van der Waals surface area contributed by atoms with Crippen LogP contribution in [0.5, 0.6) is 0 Å². The number of halogens is 2. The quantitative estimate of drug-likeness (QED) is 0.445. The van der Waals surface area contributed by atoms with Gasteiger partial charge in [0, 0.05) is 0 Å². The summed E-state index contributed by atoms with van der Waals surface area (Å²) in [6.45, 7) is 12.8. The van der Waals surface area contributed by atoms with Crippen molar-refractivity contribution in [3.8, 4) is 0 Å². The number of allylic oxidation sites excluding steroid dienone is 8. The largest absolute Gasteiger partial charge is 0.147 e. The first-order chi connectivity index (χ1) is 8.41. The summed E-state index contributed by atoms with van der Waals surface area (Å²) in [4.78, 5) is 0. The minimum absolute atomic E-state index is 0. The van der Waals surface area contributed by atoms with Gasteiger partial charge in [-0.05, 0) is 0 Å². The molecule has 2 rings (SSSR count). The topological polar surface area (TPSA) is 0 Å². The molecule has 0 fully saturated rings. The Morgan fingerprint density at radius 1 is 1.05 bits per heavy atom. The maximum Gasteiger partial charge on any atom is -0.147 e. The fourth-order valence-corrected chi connectivity index (χ4v) is 38.1. The summed E-state index contributed by atoms with van der Waals surface area (Å²) in [5.74, 6) is -0.473. The molecular weight excluding hydrogens is 486 g/mol. The molecule has 0 aromatic rings. The molecule has 20 heavy (non-hydrogen) atoms. The van der Waals surface area contributed by atoms with Crippen LogP contribution in [0.15, 0.2) is 42.2 Å². The molecular formula is C15H27Cl2HfSi2. The Morgan fingerprint density at radius 3 is 2.15 bits per heavy atom. The summed E-state index contributed by atoms with van der Waals surface area (Å²) in [5, 5.41) is 1.83. The van der Waals surface area contributed by atoms with Crippen LogP contribution in [0.2, 0.25) is 32.7 Å². The van der Waals surface area contributed by atoms with E-state index < -0.39 is 34.7 Å². The van der Waals surface area contributed by atoms with Crippen molar-refractivity contribution in [1.82, 2.24) is 0 Å². The SMILES string of the molecule is C[SiH](C)[Hf]([C]1=CC=CC1)[C]1=C([Si](C)(C)C)C=CC1.Cl.Cl. The molecule has 0 nitrogen and oxygen atoms in total. The fourth-order valence-electron chi connectivity index (χ4n) is 3.02. The Bertz CT molecular complexity index is 457. The van der Waals surface area contributed by atoms with Gasteiger partial charge in [-0.3, -0.25) is 0 Å². The molecule has 0 heterocycles. The second kappa shape index (κ2) is 8.47. The zero-order valence-corrected chi connectivity index (χ0v) is 20.6. The van der Waals surface area contributed by atoms with Gasteiger partial charge in [0.05, 0.1) is 0 Å². The van der Waals surface area contributed by atoms with Gasteiger partial charge < -0.3 is 0 Å². The van der Waals surface area contributed by atoms with Crippen molar-refractivity contribution in [2.24, 2.45) is 0 Å². The molecule has 0 unspecified atom stereocenters. The van der Waals surface area contributed by atoms with E-state index >= 15 is 0 Å². The van der Waals surface area contributed by atoms with Gasteiger partial charge in [-0.25, -0.2) is 0 Å². The molecule has 0 aromatic heterocycles. The summed E-state index contributed by atoms with van der Waals surface area (Å²) in [5.41, 5.74) is 0. The molecule has 0 saturated heterocycles. The van der Waals surface area contributed by atoms with Crippen molar-refractivity contribution in [3.63, 3.8) is 0 Å². The van der Waals surface area contributed by atoms with E-state index in [1.165, 1.54) is 12.8 Å². The maximum absolute atomic E-state index is 2.61. The van der Waals surface area contributed by atoms with Crippen LogP contribution in [0.4, 0.5) is 0 Å². The van der Waals surface area contributed by atoms with E-state index in [-0.39, 0.29) is 24.8 Å². The Kier molecular flexibility index (Phi) is 8.83. The van der Waals surface area contributed by atoms with Crippen molar-refractivity contribution < 1.29 is 20.6 Å². The Labute approximate surface area is 146 Å². The first-order valence-corrected chi connectivity index (χ1v) is 23.2. The predicted octanol–water partition coefficient (Wildman–Crippen LogP) is 5.37. The molecule has 0 saturated carbocycles. The first-order valence-electron chi connectivity index (χ1n) is 7.04. The van der Waals surface area contributed by atoms with E-state index in [2.05, 4.69) is 63.1 Å². The van der Waals surface area contributed by atoms with Crippen LogP contribution < -0.4 is 0 Å². The summed E-state index contributed by atoms with van der Waals surface area (Å²) < 4.78 is 3.90. The van der Waals surface area contributed by atoms with Crippen molar-refractivity contribution in [2.45, 2.75) is 45.6 Å². The van der Waals surface area contributed by atoms with E-state index in [1.54, 1.807) is 0 Å². The zero-order chi connectivity index (χ0) is 13.3. The normalized spacial score (nSPS) is 17.2. The molecule has 0 N–H and O–H groups in total. The minimum atomic E-state index is -1.62. The van der Waals surface area contributed by atoms with Crippen LogP contribution in [-0.4, -0.2) is 14.1 Å². The summed E-state index contributed by atoms with van der Waals surface area (Å²) >= 11 is -1.62. The van der Waals surface area contributed by atoms with E-state index in [0.717, 1.165) is 0 Å². The van der Waals surface area contributed by atoms with Gasteiger partial charge >= 0.3 is 122 Å². The maximum atomic E-state index is 2.61. The third-order valence-corrected chi connectivity index (χ3v) is 34.1. The first kappa shape index (κ1) is 20.8. The van der Waals surface area contributed by atoms with Crippen molar-refractivity contribution in [1.29, 1.82) is 0 Å². The average molecular weight is 513 g/mol. The van der Waals surface area contributed by atoms with Crippen LogP contribution >= 0.6 is 24.8 Å². The van der Waals surface area contributed by atoms with Gasteiger partial charge in [0.25, 0.3) is 0 Å². The zero-order valence-electron chi connectivity index (χ0n) is 13.2. The van der Waals surface area contributed by atoms with Crippen molar-refractivity contribution in [3.05, 3.63) is 42.2 Å².